The van der Waals surface area contributed by atoms with E-state index in [1.54, 1.807) is 0 Å². The van der Waals surface area contributed by atoms with E-state index in [0.717, 1.165) is 24.4 Å². The number of hydrogen-bond acceptors (Lipinski definition) is 3. The van der Waals surface area contributed by atoms with Crippen molar-refractivity contribution in [1.29, 1.82) is 0 Å². The van der Waals surface area contributed by atoms with Crippen LogP contribution < -0.4 is 15.4 Å². The van der Waals surface area contributed by atoms with Gasteiger partial charge in [0.25, 0.3) is 5.91 Å². The highest BCUT2D eigenvalue weighted by atomic mass is 16.5. The molecule has 0 aliphatic carbocycles. The molecule has 1 aliphatic heterocycles. The summed E-state index contributed by atoms with van der Waals surface area (Å²) < 4.78 is 5.43. The summed E-state index contributed by atoms with van der Waals surface area (Å²) in [4.78, 5) is 11.5. The second-order valence-electron chi connectivity index (χ2n) is 5.79. The van der Waals surface area contributed by atoms with Gasteiger partial charge in [-0.25, -0.2) is 0 Å². The first-order valence-corrected chi connectivity index (χ1v) is 7.95. The van der Waals surface area contributed by atoms with Crippen LogP contribution in [0.3, 0.4) is 0 Å². The normalized spacial score (nSPS) is 16.6. The number of hydrogen-bond donors (Lipinski definition) is 2. The first-order chi connectivity index (χ1) is 10.2. The van der Waals surface area contributed by atoms with Gasteiger partial charge in [-0.3, -0.25) is 4.79 Å². The molecule has 0 saturated heterocycles. The van der Waals surface area contributed by atoms with Crippen molar-refractivity contribution in [3.8, 4) is 5.75 Å². The summed E-state index contributed by atoms with van der Waals surface area (Å²) in [5, 5.41) is 6.53. The van der Waals surface area contributed by atoms with Crippen molar-refractivity contribution in [3.05, 3.63) is 23.8 Å². The molecule has 21 heavy (non-hydrogen) atoms. The number of nitrogens with one attached hydrogen (secondary N) is 2. The monoisotopic (exact) mass is 290 g/mol. The lowest BCUT2D eigenvalue weighted by molar-refractivity contribution is -0.118. The van der Waals surface area contributed by atoms with Gasteiger partial charge in [0.1, 0.15) is 5.75 Å². The minimum absolute atomic E-state index is 0.0840. The average molecular weight is 290 g/mol. The molecule has 1 aromatic carbocycles. The Bertz CT molecular complexity index is 488. The Hall–Kier alpha value is -1.55. The number of ether oxygens (including phenoxy) is 1. The van der Waals surface area contributed by atoms with E-state index in [4.69, 9.17) is 4.74 Å². The van der Waals surface area contributed by atoms with Crippen molar-refractivity contribution in [3.63, 3.8) is 0 Å². The summed E-state index contributed by atoms with van der Waals surface area (Å²) in [6.45, 7) is 7.78. The van der Waals surface area contributed by atoms with E-state index < -0.39 is 0 Å². The van der Waals surface area contributed by atoms with Crippen molar-refractivity contribution >= 4 is 11.6 Å². The summed E-state index contributed by atoms with van der Waals surface area (Å²) in [5.74, 6) is 1.23. The van der Waals surface area contributed by atoms with Crippen molar-refractivity contribution in [1.82, 2.24) is 5.32 Å². The molecule has 0 bridgehead atoms. The van der Waals surface area contributed by atoms with Gasteiger partial charge in [0.15, 0.2) is 6.61 Å². The number of benzene rings is 1. The molecule has 4 heteroatoms. The Labute approximate surface area is 127 Å². The molecule has 2 atom stereocenters. The SMILES string of the molecule is CCCNC(c1ccc2c(c1)NC(=O)CO2)C(C)CCC. The predicted molar refractivity (Wildman–Crippen MR) is 85.7 cm³/mol. The van der Waals surface area contributed by atoms with Crippen molar-refractivity contribution in [2.75, 3.05) is 18.5 Å². The maximum atomic E-state index is 11.5. The minimum Gasteiger partial charge on any atom is -0.482 e. The van der Waals surface area contributed by atoms with Gasteiger partial charge in [-0.2, -0.15) is 0 Å². The van der Waals surface area contributed by atoms with Crippen molar-refractivity contribution in [2.24, 2.45) is 5.92 Å². The van der Waals surface area contributed by atoms with Crippen LogP contribution >= 0.6 is 0 Å². The fourth-order valence-electron chi connectivity index (χ4n) is 2.86. The maximum absolute atomic E-state index is 11.5. The third kappa shape index (κ3) is 3.97. The van der Waals surface area contributed by atoms with E-state index in [1.807, 2.05) is 12.1 Å². The van der Waals surface area contributed by atoms with E-state index in [9.17, 15) is 4.79 Å². The molecule has 4 nitrogen and oxygen atoms in total. The zero-order chi connectivity index (χ0) is 15.2. The number of carbonyl (C=O) groups excluding carboxylic acids is 1. The zero-order valence-electron chi connectivity index (χ0n) is 13.2. The lowest BCUT2D eigenvalue weighted by atomic mass is 9.90. The van der Waals surface area contributed by atoms with Crippen LogP contribution in [0.4, 0.5) is 5.69 Å². The summed E-state index contributed by atoms with van der Waals surface area (Å²) in [6, 6.07) is 6.43. The van der Waals surface area contributed by atoms with Crippen molar-refractivity contribution in [2.45, 2.75) is 46.1 Å². The van der Waals surface area contributed by atoms with E-state index in [0.29, 0.717) is 12.0 Å². The van der Waals surface area contributed by atoms with E-state index in [2.05, 4.69) is 37.5 Å². The number of rotatable bonds is 7. The number of fused-ring (bicyclic) bond motifs is 1. The quantitative estimate of drug-likeness (QED) is 0.808. The highest BCUT2D eigenvalue weighted by Crippen LogP contribution is 2.33. The molecule has 0 saturated carbocycles. The smallest absolute Gasteiger partial charge is 0.262 e. The molecular formula is C17H26N2O2. The molecule has 0 spiro atoms. The highest BCUT2D eigenvalue weighted by Gasteiger charge is 2.21. The largest absolute Gasteiger partial charge is 0.482 e. The van der Waals surface area contributed by atoms with E-state index >= 15 is 0 Å². The van der Waals surface area contributed by atoms with Crippen LogP contribution in [0.2, 0.25) is 0 Å². The average Bonchev–Trinajstić information content (AvgIpc) is 2.47. The van der Waals surface area contributed by atoms with Gasteiger partial charge in [0, 0.05) is 6.04 Å². The lowest BCUT2D eigenvalue weighted by Gasteiger charge is -2.27. The van der Waals surface area contributed by atoms with Gasteiger partial charge in [-0.1, -0.05) is 33.3 Å². The number of anilines is 1. The van der Waals surface area contributed by atoms with E-state index in [1.165, 1.54) is 18.4 Å². The Morgan fingerprint density at radius 2 is 2.14 bits per heavy atom. The number of carbonyl (C=O) groups is 1. The molecule has 1 aliphatic rings. The molecule has 0 aromatic heterocycles. The molecule has 1 heterocycles. The highest BCUT2D eigenvalue weighted by molar-refractivity contribution is 5.95. The second-order valence-corrected chi connectivity index (χ2v) is 5.79. The summed E-state index contributed by atoms with van der Waals surface area (Å²) in [5.41, 5.74) is 2.00. The van der Waals surface area contributed by atoms with E-state index in [-0.39, 0.29) is 12.5 Å². The molecule has 2 rings (SSSR count). The number of amides is 1. The van der Waals surface area contributed by atoms with Gasteiger partial charge < -0.3 is 15.4 Å². The molecule has 0 fully saturated rings. The zero-order valence-corrected chi connectivity index (χ0v) is 13.2. The van der Waals surface area contributed by atoms with Gasteiger partial charge in [0.05, 0.1) is 5.69 Å². The summed E-state index contributed by atoms with van der Waals surface area (Å²) in [6.07, 6.45) is 3.47. The van der Waals surface area contributed by atoms with Crippen LogP contribution in [-0.2, 0) is 4.79 Å². The summed E-state index contributed by atoms with van der Waals surface area (Å²) in [7, 11) is 0. The molecule has 2 N–H and O–H groups in total. The molecule has 116 valence electrons. The van der Waals surface area contributed by atoms with Crippen molar-refractivity contribution < 1.29 is 9.53 Å². The third-order valence-electron chi connectivity index (χ3n) is 3.92. The maximum Gasteiger partial charge on any atom is 0.262 e. The van der Waals surface area contributed by atoms with Gasteiger partial charge in [-0.15, -0.1) is 0 Å². The fraction of sp³-hybridized carbons (Fsp3) is 0.588. The minimum atomic E-state index is -0.0840. The van der Waals surface area contributed by atoms with Crippen LogP contribution in [0.15, 0.2) is 18.2 Å². The molecule has 0 radical (unpaired) electrons. The van der Waals surface area contributed by atoms with Crippen LogP contribution in [0.1, 0.15) is 51.6 Å². The molecular weight excluding hydrogens is 264 g/mol. The van der Waals surface area contributed by atoms with Crippen LogP contribution in [0.5, 0.6) is 5.75 Å². The van der Waals surface area contributed by atoms with Crippen LogP contribution in [-0.4, -0.2) is 19.1 Å². The lowest BCUT2D eigenvalue weighted by Crippen LogP contribution is -2.29. The standard InChI is InChI=1S/C17H26N2O2/c1-4-6-12(3)17(18-9-5-2)13-7-8-15-14(10-13)19-16(20)11-21-15/h7-8,10,12,17-18H,4-6,9,11H2,1-3H3,(H,19,20). The Balaban J connectivity index is 2.22. The second kappa shape index (κ2) is 7.46. The van der Waals surface area contributed by atoms with Gasteiger partial charge >= 0.3 is 0 Å². The Morgan fingerprint density at radius 1 is 1.33 bits per heavy atom. The topological polar surface area (TPSA) is 50.4 Å². The molecule has 1 aromatic rings. The first kappa shape index (κ1) is 15.8. The van der Waals surface area contributed by atoms with Gasteiger partial charge in [-0.05, 0) is 43.0 Å². The Kier molecular flexibility index (Phi) is 5.62. The third-order valence-corrected chi connectivity index (χ3v) is 3.92. The molecule has 2 unspecified atom stereocenters. The predicted octanol–water partition coefficient (Wildman–Crippen LogP) is 3.49. The Morgan fingerprint density at radius 3 is 2.86 bits per heavy atom. The fourth-order valence-corrected chi connectivity index (χ4v) is 2.86. The molecule has 1 amide bonds. The first-order valence-electron chi connectivity index (χ1n) is 7.95. The van der Waals surface area contributed by atoms with Gasteiger partial charge in [0.2, 0.25) is 0 Å². The van der Waals surface area contributed by atoms with Crippen LogP contribution in [0, 0.1) is 5.92 Å². The van der Waals surface area contributed by atoms with Crippen LogP contribution in [0.25, 0.3) is 0 Å². The summed E-state index contributed by atoms with van der Waals surface area (Å²) >= 11 is 0.